The van der Waals surface area contributed by atoms with E-state index in [2.05, 4.69) is 16.8 Å². The molecular formula is C20H16ClN3OS. The summed E-state index contributed by atoms with van der Waals surface area (Å²) < 4.78 is 1.99. The SMILES string of the molecule is O=C(Cn1c(Cc2cccs2)nc2ccccc21)Nc1ccc(Cl)cc1. The molecule has 2 heterocycles. The Balaban J connectivity index is 1.61. The van der Waals surface area contributed by atoms with Crippen molar-refractivity contribution in [2.24, 2.45) is 0 Å². The van der Waals surface area contributed by atoms with Crippen LogP contribution >= 0.6 is 22.9 Å². The summed E-state index contributed by atoms with van der Waals surface area (Å²) >= 11 is 7.59. The first-order valence-electron chi connectivity index (χ1n) is 8.21. The standard InChI is InChI=1S/C20H16ClN3OS/c21-14-7-9-15(10-8-14)22-20(25)13-24-18-6-2-1-5-17(18)23-19(24)12-16-4-3-11-26-16/h1-11H,12-13H2,(H,22,25). The number of hydrogen-bond donors (Lipinski definition) is 1. The van der Waals surface area contributed by atoms with Crippen molar-refractivity contribution in [3.05, 3.63) is 81.8 Å². The lowest BCUT2D eigenvalue weighted by atomic mass is 10.3. The van der Waals surface area contributed by atoms with Crippen molar-refractivity contribution in [1.82, 2.24) is 9.55 Å². The van der Waals surface area contributed by atoms with Crippen molar-refractivity contribution in [3.63, 3.8) is 0 Å². The lowest BCUT2D eigenvalue weighted by Gasteiger charge is -2.10. The highest BCUT2D eigenvalue weighted by molar-refractivity contribution is 7.09. The minimum absolute atomic E-state index is 0.0945. The van der Waals surface area contributed by atoms with Crippen LogP contribution in [0.15, 0.2) is 66.0 Å². The molecule has 0 aliphatic carbocycles. The predicted molar refractivity (Wildman–Crippen MR) is 107 cm³/mol. The monoisotopic (exact) mass is 381 g/mol. The molecule has 0 radical (unpaired) electrons. The number of anilines is 1. The number of nitrogens with zero attached hydrogens (tertiary/aromatic N) is 2. The summed E-state index contributed by atoms with van der Waals surface area (Å²) in [4.78, 5) is 18.5. The van der Waals surface area contributed by atoms with Crippen LogP contribution in [0.3, 0.4) is 0 Å². The van der Waals surface area contributed by atoms with Gasteiger partial charge in [-0.25, -0.2) is 4.98 Å². The first-order valence-corrected chi connectivity index (χ1v) is 9.47. The molecular weight excluding hydrogens is 366 g/mol. The van der Waals surface area contributed by atoms with Crippen LogP contribution in [0.4, 0.5) is 5.69 Å². The molecule has 4 rings (SSSR count). The zero-order chi connectivity index (χ0) is 17.9. The van der Waals surface area contributed by atoms with Gasteiger partial charge in [0.2, 0.25) is 5.91 Å². The number of para-hydroxylation sites is 2. The normalized spacial score (nSPS) is 11.0. The number of carbonyl (C=O) groups excluding carboxylic acids is 1. The van der Waals surface area contributed by atoms with Gasteiger partial charge in [0, 0.05) is 22.0 Å². The van der Waals surface area contributed by atoms with Gasteiger partial charge in [0.05, 0.1) is 11.0 Å². The van der Waals surface area contributed by atoms with Crippen LogP contribution in [0.25, 0.3) is 11.0 Å². The van der Waals surface area contributed by atoms with Crippen LogP contribution < -0.4 is 5.32 Å². The molecule has 0 spiro atoms. The second kappa shape index (κ2) is 7.32. The van der Waals surface area contributed by atoms with Gasteiger partial charge >= 0.3 is 0 Å². The molecule has 130 valence electrons. The van der Waals surface area contributed by atoms with Crippen LogP contribution in [0.2, 0.25) is 5.02 Å². The number of hydrogen-bond acceptors (Lipinski definition) is 3. The van der Waals surface area contributed by atoms with Crippen LogP contribution in [-0.4, -0.2) is 15.5 Å². The maximum absolute atomic E-state index is 12.6. The number of nitrogens with one attached hydrogen (secondary N) is 1. The van der Waals surface area contributed by atoms with Crippen LogP contribution in [0.5, 0.6) is 0 Å². The highest BCUT2D eigenvalue weighted by atomic mass is 35.5. The lowest BCUT2D eigenvalue weighted by Crippen LogP contribution is -2.20. The van der Waals surface area contributed by atoms with E-state index in [1.165, 1.54) is 4.88 Å². The molecule has 4 nitrogen and oxygen atoms in total. The van der Waals surface area contributed by atoms with Gasteiger partial charge in [-0.1, -0.05) is 29.8 Å². The lowest BCUT2D eigenvalue weighted by molar-refractivity contribution is -0.116. The van der Waals surface area contributed by atoms with Gasteiger partial charge in [-0.2, -0.15) is 0 Å². The largest absolute Gasteiger partial charge is 0.325 e. The van der Waals surface area contributed by atoms with E-state index in [9.17, 15) is 4.79 Å². The number of rotatable bonds is 5. The Morgan fingerprint density at radius 2 is 1.88 bits per heavy atom. The van der Waals surface area contributed by atoms with E-state index in [4.69, 9.17) is 16.6 Å². The molecule has 4 aromatic rings. The van der Waals surface area contributed by atoms with Crippen molar-refractivity contribution < 1.29 is 4.79 Å². The predicted octanol–water partition coefficient (Wildman–Crippen LogP) is 4.98. The Kier molecular flexibility index (Phi) is 4.73. The number of aromatic nitrogens is 2. The first-order chi connectivity index (χ1) is 12.7. The van der Waals surface area contributed by atoms with Gasteiger partial charge in [-0.05, 0) is 47.8 Å². The van der Waals surface area contributed by atoms with Crippen LogP contribution in [0, 0.1) is 0 Å². The smallest absolute Gasteiger partial charge is 0.244 e. The van der Waals surface area contributed by atoms with Crippen LogP contribution in [-0.2, 0) is 17.8 Å². The molecule has 1 amide bonds. The Hall–Kier alpha value is -2.63. The topological polar surface area (TPSA) is 46.9 Å². The fraction of sp³-hybridized carbons (Fsp3) is 0.100. The molecule has 0 unspecified atom stereocenters. The maximum Gasteiger partial charge on any atom is 0.244 e. The van der Waals surface area contributed by atoms with E-state index in [0.29, 0.717) is 11.4 Å². The molecule has 0 aliphatic heterocycles. The van der Waals surface area contributed by atoms with Crippen molar-refractivity contribution in [3.8, 4) is 0 Å². The average Bonchev–Trinajstić information content (AvgIpc) is 3.26. The Morgan fingerprint density at radius 3 is 2.65 bits per heavy atom. The summed E-state index contributed by atoms with van der Waals surface area (Å²) in [6.07, 6.45) is 0.709. The highest BCUT2D eigenvalue weighted by Crippen LogP contribution is 2.21. The second-order valence-corrected chi connectivity index (χ2v) is 7.38. The number of thiophene rings is 1. The molecule has 2 aromatic carbocycles. The van der Waals surface area contributed by atoms with Gasteiger partial charge in [-0.15, -0.1) is 11.3 Å². The molecule has 6 heteroatoms. The number of halogens is 1. The molecule has 26 heavy (non-hydrogen) atoms. The van der Waals surface area contributed by atoms with E-state index in [0.717, 1.165) is 22.5 Å². The number of amides is 1. The fourth-order valence-electron chi connectivity index (χ4n) is 2.88. The van der Waals surface area contributed by atoms with Gasteiger partial charge in [0.25, 0.3) is 0 Å². The average molecular weight is 382 g/mol. The van der Waals surface area contributed by atoms with Crippen molar-refractivity contribution in [2.45, 2.75) is 13.0 Å². The Labute approximate surface area is 160 Å². The van der Waals surface area contributed by atoms with Crippen LogP contribution in [0.1, 0.15) is 10.7 Å². The molecule has 0 fully saturated rings. The van der Waals surface area contributed by atoms with Gasteiger partial charge in [-0.3, -0.25) is 4.79 Å². The summed E-state index contributed by atoms with van der Waals surface area (Å²) in [5.74, 6) is 0.794. The molecule has 0 aliphatic rings. The number of fused-ring (bicyclic) bond motifs is 1. The zero-order valence-corrected chi connectivity index (χ0v) is 15.4. The number of carbonyl (C=O) groups is 1. The Morgan fingerprint density at radius 1 is 1.08 bits per heavy atom. The highest BCUT2D eigenvalue weighted by Gasteiger charge is 2.14. The third-order valence-corrected chi connectivity index (χ3v) is 5.20. The minimum atomic E-state index is -0.0945. The number of benzene rings is 2. The summed E-state index contributed by atoms with van der Waals surface area (Å²) in [6, 6.07) is 19.1. The van der Waals surface area contributed by atoms with E-state index in [1.54, 1.807) is 35.6 Å². The molecule has 0 atom stereocenters. The summed E-state index contributed by atoms with van der Waals surface area (Å²) in [6.45, 7) is 0.212. The molecule has 1 N–H and O–H groups in total. The quantitative estimate of drug-likeness (QED) is 0.530. The summed E-state index contributed by atoms with van der Waals surface area (Å²) in [5, 5.41) is 5.61. The number of imidazole rings is 1. The van der Waals surface area contributed by atoms with E-state index in [1.807, 2.05) is 34.9 Å². The molecule has 0 bridgehead atoms. The third-order valence-electron chi connectivity index (χ3n) is 4.08. The fourth-order valence-corrected chi connectivity index (χ4v) is 3.71. The summed E-state index contributed by atoms with van der Waals surface area (Å²) in [7, 11) is 0. The van der Waals surface area contributed by atoms with Crippen molar-refractivity contribution in [1.29, 1.82) is 0 Å². The zero-order valence-electron chi connectivity index (χ0n) is 13.9. The van der Waals surface area contributed by atoms with E-state index < -0.39 is 0 Å². The first kappa shape index (κ1) is 16.8. The van der Waals surface area contributed by atoms with Gasteiger partial charge in [0.15, 0.2) is 0 Å². The molecule has 2 aromatic heterocycles. The maximum atomic E-state index is 12.6. The minimum Gasteiger partial charge on any atom is -0.325 e. The summed E-state index contributed by atoms with van der Waals surface area (Å²) in [5.41, 5.74) is 2.59. The van der Waals surface area contributed by atoms with Crippen molar-refractivity contribution >= 4 is 45.6 Å². The van der Waals surface area contributed by atoms with Gasteiger partial charge in [0.1, 0.15) is 12.4 Å². The van der Waals surface area contributed by atoms with Crippen molar-refractivity contribution in [2.75, 3.05) is 5.32 Å². The molecule has 0 saturated carbocycles. The Bertz CT molecular complexity index is 1040. The molecule has 0 saturated heterocycles. The van der Waals surface area contributed by atoms with Gasteiger partial charge < -0.3 is 9.88 Å². The van der Waals surface area contributed by atoms with E-state index >= 15 is 0 Å². The van der Waals surface area contributed by atoms with E-state index in [-0.39, 0.29) is 12.5 Å². The second-order valence-electron chi connectivity index (χ2n) is 5.91. The third kappa shape index (κ3) is 3.64.